The number of hydrogen-bond donors (Lipinski definition) is 0. The molecule has 0 saturated carbocycles. The van der Waals surface area contributed by atoms with Crippen LogP contribution in [0.2, 0.25) is 0 Å². The molecule has 0 aromatic carbocycles. The topological polar surface area (TPSA) is 49.9 Å². The Morgan fingerprint density at radius 1 is 1.29 bits per heavy atom. The molecule has 1 aliphatic rings. The third kappa shape index (κ3) is 3.37. The lowest BCUT2D eigenvalue weighted by atomic mass is 10.2. The third-order valence-electron chi connectivity index (χ3n) is 2.25. The Labute approximate surface area is 84.4 Å². The summed E-state index contributed by atoms with van der Waals surface area (Å²) in [6.07, 6.45) is 0. The van der Waals surface area contributed by atoms with Gasteiger partial charge in [-0.05, 0) is 0 Å². The first-order chi connectivity index (χ1) is 6.59. The molecule has 0 bridgehead atoms. The van der Waals surface area contributed by atoms with Crippen molar-refractivity contribution in [3.8, 4) is 0 Å². The second-order valence-corrected chi connectivity index (χ2v) is 3.46. The van der Waals surface area contributed by atoms with Crippen LogP contribution >= 0.6 is 0 Å². The molecular formula is C8H15BN2O3. The fraction of sp³-hybridized carbons (Fsp3) is 0.750. The number of esters is 1. The van der Waals surface area contributed by atoms with Crippen LogP contribution in [0.1, 0.15) is 6.92 Å². The number of rotatable bonds is 2. The molecule has 0 spiro atoms. The van der Waals surface area contributed by atoms with Crippen LogP contribution in [0, 0.1) is 0 Å². The van der Waals surface area contributed by atoms with E-state index >= 15 is 0 Å². The number of carbonyl (C=O) groups is 2. The number of hydrogen-bond acceptors (Lipinski definition) is 4. The first-order valence-electron chi connectivity index (χ1n) is 4.69. The van der Waals surface area contributed by atoms with Crippen LogP contribution in [-0.2, 0) is 14.3 Å². The molecule has 0 radical (unpaired) electrons. The average molecular weight is 198 g/mol. The lowest BCUT2D eigenvalue weighted by molar-refractivity contribution is -0.150. The van der Waals surface area contributed by atoms with Gasteiger partial charge in [0.25, 0.3) is 5.91 Å². The second kappa shape index (κ2) is 5.00. The highest BCUT2D eigenvalue weighted by molar-refractivity contribution is 6.04. The van der Waals surface area contributed by atoms with E-state index in [1.807, 2.05) is 7.98 Å². The average Bonchev–Trinajstić information content (AvgIpc) is 2.15. The van der Waals surface area contributed by atoms with Crippen molar-refractivity contribution >= 4 is 19.9 Å². The lowest BCUT2D eigenvalue weighted by Crippen LogP contribution is -2.48. The molecule has 1 fully saturated rings. The molecule has 1 aliphatic heterocycles. The summed E-state index contributed by atoms with van der Waals surface area (Å²) in [5.74, 6) is -0.513. The summed E-state index contributed by atoms with van der Waals surface area (Å²) >= 11 is 0. The van der Waals surface area contributed by atoms with Gasteiger partial charge in [-0.1, -0.05) is 0 Å². The maximum atomic E-state index is 11.4. The molecule has 0 atom stereocenters. The Balaban J connectivity index is 2.27. The van der Waals surface area contributed by atoms with Gasteiger partial charge in [-0.3, -0.25) is 9.59 Å². The lowest BCUT2D eigenvalue weighted by Gasteiger charge is -2.32. The van der Waals surface area contributed by atoms with E-state index in [4.69, 9.17) is 0 Å². The summed E-state index contributed by atoms with van der Waals surface area (Å²) in [6.45, 7) is 4.38. The van der Waals surface area contributed by atoms with Crippen LogP contribution in [0.3, 0.4) is 0 Å². The van der Waals surface area contributed by atoms with Crippen LogP contribution in [0.15, 0.2) is 0 Å². The van der Waals surface area contributed by atoms with Gasteiger partial charge in [0, 0.05) is 33.1 Å². The highest BCUT2D eigenvalue weighted by Gasteiger charge is 2.19. The van der Waals surface area contributed by atoms with Crippen LogP contribution in [0.25, 0.3) is 0 Å². The van der Waals surface area contributed by atoms with Gasteiger partial charge in [-0.15, -0.1) is 0 Å². The van der Waals surface area contributed by atoms with Gasteiger partial charge >= 0.3 is 5.97 Å². The van der Waals surface area contributed by atoms with Crippen molar-refractivity contribution in [2.75, 3.05) is 32.8 Å². The summed E-state index contributed by atoms with van der Waals surface area (Å²) < 4.78 is 4.64. The molecule has 5 nitrogen and oxygen atoms in total. The molecule has 6 heteroatoms. The predicted octanol–water partition coefficient (Wildman–Crippen LogP) is -1.76. The zero-order chi connectivity index (χ0) is 10.6. The summed E-state index contributed by atoms with van der Waals surface area (Å²) in [5.41, 5.74) is 0. The first-order valence-corrected chi connectivity index (χ1v) is 4.69. The summed E-state index contributed by atoms with van der Waals surface area (Å²) in [4.78, 5) is 25.8. The molecule has 0 N–H and O–H groups in total. The number of ether oxygens (including phenoxy) is 1. The van der Waals surface area contributed by atoms with Gasteiger partial charge in [-0.2, -0.15) is 0 Å². The fourth-order valence-corrected chi connectivity index (χ4v) is 1.31. The fourth-order valence-electron chi connectivity index (χ4n) is 1.31. The van der Waals surface area contributed by atoms with Crippen molar-refractivity contribution in [1.29, 1.82) is 0 Å². The van der Waals surface area contributed by atoms with Crippen molar-refractivity contribution < 1.29 is 14.3 Å². The Kier molecular flexibility index (Phi) is 3.94. The molecule has 0 aliphatic carbocycles. The second-order valence-electron chi connectivity index (χ2n) is 3.46. The van der Waals surface area contributed by atoms with Crippen LogP contribution in [0.5, 0.6) is 0 Å². The summed E-state index contributed by atoms with van der Waals surface area (Å²) in [7, 11) is 2.02. The Morgan fingerprint density at radius 2 is 1.86 bits per heavy atom. The van der Waals surface area contributed by atoms with Crippen molar-refractivity contribution in [3.63, 3.8) is 0 Å². The molecule has 1 rings (SSSR count). The number of nitrogens with zero attached hydrogens (tertiary/aromatic N) is 2. The molecule has 0 unspecified atom stereocenters. The van der Waals surface area contributed by atoms with E-state index in [0.717, 1.165) is 26.2 Å². The van der Waals surface area contributed by atoms with E-state index in [2.05, 4.69) is 9.55 Å². The van der Waals surface area contributed by atoms with Gasteiger partial charge in [0.05, 0.1) is 0 Å². The minimum Gasteiger partial charge on any atom is -0.456 e. The van der Waals surface area contributed by atoms with Gasteiger partial charge in [0.1, 0.15) is 0 Å². The number of piperazine rings is 1. The molecule has 1 saturated heterocycles. The molecule has 1 amide bonds. The highest BCUT2D eigenvalue weighted by atomic mass is 16.5. The first kappa shape index (κ1) is 11.0. The molecule has 14 heavy (non-hydrogen) atoms. The quantitative estimate of drug-likeness (QED) is 0.389. The van der Waals surface area contributed by atoms with Crippen molar-refractivity contribution in [2.45, 2.75) is 6.92 Å². The largest absolute Gasteiger partial charge is 0.456 e. The zero-order valence-electron chi connectivity index (χ0n) is 8.65. The number of amides is 1. The standard InChI is InChI=1S/C8H15BN2O3/c1-7(12)14-6-8(13)10-2-4-11(9)5-3-10/h2-6,9H2,1H3. The third-order valence-corrected chi connectivity index (χ3v) is 2.25. The van der Waals surface area contributed by atoms with E-state index in [1.165, 1.54) is 6.92 Å². The SMILES string of the molecule is BN1CCN(C(=O)COC(C)=O)CC1. The Morgan fingerprint density at radius 3 is 2.36 bits per heavy atom. The van der Waals surface area contributed by atoms with Crippen LogP contribution < -0.4 is 0 Å². The zero-order valence-corrected chi connectivity index (χ0v) is 8.65. The Bertz CT molecular complexity index is 227. The van der Waals surface area contributed by atoms with Gasteiger partial charge in [0.15, 0.2) is 14.6 Å². The van der Waals surface area contributed by atoms with E-state index in [1.54, 1.807) is 4.90 Å². The summed E-state index contributed by atoms with van der Waals surface area (Å²) in [6, 6.07) is 0. The maximum absolute atomic E-state index is 11.4. The normalized spacial score (nSPS) is 17.9. The van der Waals surface area contributed by atoms with Gasteiger partial charge in [-0.25, -0.2) is 0 Å². The van der Waals surface area contributed by atoms with E-state index < -0.39 is 5.97 Å². The molecular weight excluding hydrogens is 183 g/mol. The highest BCUT2D eigenvalue weighted by Crippen LogP contribution is 1.99. The number of carbonyl (C=O) groups excluding carboxylic acids is 2. The minimum absolute atomic E-state index is 0.103. The van der Waals surface area contributed by atoms with E-state index in [-0.39, 0.29) is 12.5 Å². The monoisotopic (exact) mass is 198 g/mol. The van der Waals surface area contributed by atoms with Crippen molar-refractivity contribution in [2.24, 2.45) is 0 Å². The maximum Gasteiger partial charge on any atom is 0.303 e. The molecule has 78 valence electrons. The van der Waals surface area contributed by atoms with Crippen LogP contribution in [0.4, 0.5) is 0 Å². The molecule has 0 aromatic rings. The van der Waals surface area contributed by atoms with Crippen molar-refractivity contribution in [3.05, 3.63) is 0 Å². The Hall–Kier alpha value is -1.04. The van der Waals surface area contributed by atoms with E-state index in [9.17, 15) is 9.59 Å². The predicted molar refractivity (Wildman–Crippen MR) is 53.3 cm³/mol. The van der Waals surface area contributed by atoms with Gasteiger partial charge in [0.2, 0.25) is 0 Å². The summed E-state index contributed by atoms with van der Waals surface area (Å²) in [5, 5.41) is 0. The van der Waals surface area contributed by atoms with Crippen molar-refractivity contribution in [1.82, 2.24) is 9.71 Å². The molecule has 0 aromatic heterocycles. The van der Waals surface area contributed by atoms with Crippen LogP contribution in [-0.4, -0.2) is 62.4 Å². The van der Waals surface area contributed by atoms with E-state index in [0.29, 0.717) is 0 Å². The smallest absolute Gasteiger partial charge is 0.303 e. The minimum atomic E-state index is -0.410. The molecule has 1 heterocycles. The van der Waals surface area contributed by atoms with Gasteiger partial charge < -0.3 is 14.4 Å².